The number of nitrogens with two attached hydrogens (primary N) is 1. The summed E-state index contributed by atoms with van der Waals surface area (Å²) < 4.78 is 31.1. The summed E-state index contributed by atoms with van der Waals surface area (Å²) in [4.78, 5) is 58.3. The topological polar surface area (TPSA) is 234 Å². The number of carbonyl (C=O) groups excluding carboxylic acids is 4. The lowest BCUT2D eigenvalue weighted by Gasteiger charge is -2.34. The largest absolute Gasteiger partial charge is 0.487 e. The summed E-state index contributed by atoms with van der Waals surface area (Å²) in [6.07, 6.45) is 6.46. The summed E-state index contributed by atoms with van der Waals surface area (Å²) in [7, 11) is -3.90. The molecule has 0 radical (unpaired) electrons. The molecule has 16 nitrogen and oxygen atoms in total. The number of unbranched alkanes of at least 4 members (excludes halogenated alkanes) is 1. The zero-order valence-corrected chi connectivity index (χ0v) is 26.9. The highest BCUT2D eigenvalue weighted by atomic mass is 32.2. The quantitative estimate of drug-likeness (QED) is 0.195. The van der Waals surface area contributed by atoms with Crippen molar-refractivity contribution in [3.8, 4) is 5.75 Å². The molecule has 0 spiro atoms. The summed E-state index contributed by atoms with van der Waals surface area (Å²) in [6.45, 7) is 4.04. The molecule has 3 aromatic rings. The van der Waals surface area contributed by atoms with E-state index in [0.717, 1.165) is 30.6 Å². The van der Waals surface area contributed by atoms with Crippen molar-refractivity contribution < 1.29 is 42.2 Å². The first-order valence-corrected chi connectivity index (χ1v) is 17.0. The molecule has 3 heterocycles. The van der Waals surface area contributed by atoms with Crippen LogP contribution in [-0.4, -0.2) is 82.0 Å². The highest BCUT2D eigenvalue weighted by Crippen LogP contribution is 2.29. The van der Waals surface area contributed by atoms with Crippen LogP contribution in [0.1, 0.15) is 70.0 Å². The van der Waals surface area contributed by atoms with Gasteiger partial charge in [0.1, 0.15) is 24.1 Å². The predicted molar refractivity (Wildman–Crippen MR) is 163 cm³/mol. The third-order valence-electron chi connectivity index (χ3n) is 7.43. The van der Waals surface area contributed by atoms with Gasteiger partial charge in [0, 0.05) is 26.1 Å². The molecule has 2 aromatic heterocycles. The number of primary sulfonamides is 1. The Hall–Kier alpha value is -4.25. The smallest absolute Gasteiger partial charge is 0.373 e. The van der Waals surface area contributed by atoms with Crippen LogP contribution < -0.4 is 15.2 Å². The van der Waals surface area contributed by atoms with Crippen molar-refractivity contribution >= 4 is 55.5 Å². The van der Waals surface area contributed by atoms with Crippen LogP contribution in [0.2, 0.25) is 0 Å². The van der Waals surface area contributed by atoms with Crippen molar-refractivity contribution in [2.24, 2.45) is 11.1 Å². The Bertz CT molecular complexity index is 1630. The van der Waals surface area contributed by atoms with Crippen LogP contribution >= 0.6 is 11.3 Å². The number of carboxylic acid groups (broad SMARTS) is 1. The Morgan fingerprint density at radius 3 is 2.57 bits per heavy atom. The van der Waals surface area contributed by atoms with Gasteiger partial charge in [0.05, 0.1) is 22.8 Å². The number of benzene rings is 1. The second kappa shape index (κ2) is 17.4. The average Bonchev–Trinajstić information content (AvgIpc) is 3.68. The van der Waals surface area contributed by atoms with Crippen molar-refractivity contribution in [1.82, 2.24) is 30.2 Å². The standard InChI is InChI=1S/C27H37N7O7S2.CO2/c1-2-18-10-13-33(14-11-18)26(38)22(5-3-4-12-29-24(35)8-9-25(36)37)34-16-19(31-32-34)17-41-20-6-7-21-23(15-20)42-27(30-21)43(28,39)40;2-1-3/h6-7,15-16,18,22H,2-5,8-14,17H2,1H3,(H,29,35)(H,36,37)(H2,28,39,40);/t22-;/m0./s1. The number of carboxylic acids is 1. The van der Waals surface area contributed by atoms with Gasteiger partial charge in [0.25, 0.3) is 10.0 Å². The molecule has 4 N–H and O–H groups in total. The lowest BCUT2D eigenvalue weighted by Crippen LogP contribution is -2.42. The molecule has 2 amide bonds. The van der Waals surface area contributed by atoms with Crippen molar-refractivity contribution in [2.75, 3.05) is 19.6 Å². The number of carbonyl (C=O) groups is 3. The lowest BCUT2D eigenvalue weighted by molar-refractivity contribution is -0.191. The number of ether oxygens (including phenoxy) is 1. The van der Waals surface area contributed by atoms with Crippen LogP contribution in [-0.2, 0) is 40.6 Å². The van der Waals surface area contributed by atoms with Crippen LogP contribution in [0.15, 0.2) is 28.7 Å². The first-order chi connectivity index (χ1) is 21.9. The molecule has 0 unspecified atom stereocenters. The molecule has 4 rings (SSSR count). The molecular weight excluding hydrogens is 642 g/mol. The van der Waals surface area contributed by atoms with E-state index in [9.17, 15) is 22.8 Å². The predicted octanol–water partition coefficient (Wildman–Crippen LogP) is 1.87. The van der Waals surface area contributed by atoms with E-state index in [2.05, 4.69) is 27.5 Å². The van der Waals surface area contributed by atoms with Crippen molar-refractivity contribution in [3.63, 3.8) is 0 Å². The van der Waals surface area contributed by atoms with Crippen LogP contribution in [0.25, 0.3) is 10.2 Å². The fourth-order valence-electron chi connectivity index (χ4n) is 4.92. The van der Waals surface area contributed by atoms with Gasteiger partial charge in [-0.05, 0) is 56.2 Å². The zero-order valence-electron chi connectivity index (χ0n) is 25.3. The summed E-state index contributed by atoms with van der Waals surface area (Å²) >= 11 is 0.957. The number of rotatable bonds is 15. The van der Waals surface area contributed by atoms with E-state index in [1.807, 2.05) is 4.90 Å². The number of hydrogen-bond acceptors (Lipinski definition) is 12. The number of nitrogens with zero attached hydrogens (tertiary/aromatic N) is 5. The third-order valence-corrected chi connectivity index (χ3v) is 9.77. The van der Waals surface area contributed by atoms with E-state index in [0.29, 0.717) is 66.5 Å². The number of amides is 2. The minimum absolute atomic E-state index is 0.0151. The molecule has 1 atom stereocenters. The normalized spacial score (nSPS) is 14.2. The van der Waals surface area contributed by atoms with Gasteiger partial charge in [-0.3, -0.25) is 14.4 Å². The Balaban J connectivity index is 0.00000185. The van der Waals surface area contributed by atoms with E-state index < -0.39 is 22.0 Å². The molecule has 0 aliphatic carbocycles. The summed E-state index contributed by atoms with van der Waals surface area (Å²) in [5, 5.41) is 25.1. The molecule has 250 valence electrons. The molecule has 1 fully saturated rings. The number of aromatic nitrogens is 4. The molecule has 0 bridgehead atoms. The van der Waals surface area contributed by atoms with Crippen molar-refractivity contribution in [3.05, 3.63) is 30.1 Å². The van der Waals surface area contributed by atoms with Gasteiger partial charge in [-0.15, -0.1) is 16.4 Å². The van der Waals surface area contributed by atoms with E-state index in [4.69, 9.17) is 24.6 Å². The third kappa shape index (κ3) is 11.0. The Labute approximate surface area is 269 Å². The Morgan fingerprint density at radius 2 is 1.91 bits per heavy atom. The number of piperidine rings is 1. The summed E-state index contributed by atoms with van der Waals surface area (Å²) in [6, 6.07) is 4.44. The van der Waals surface area contributed by atoms with E-state index in [1.165, 1.54) is 0 Å². The molecule has 1 aliphatic rings. The fourth-order valence-corrected chi connectivity index (χ4v) is 6.61. The van der Waals surface area contributed by atoms with Gasteiger partial charge < -0.3 is 20.1 Å². The van der Waals surface area contributed by atoms with Crippen LogP contribution in [0.3, 0.4) is 0 Å². The number of fused-ring (bicyclic) bond motifs is 1. The molecule has 18 heteroatoms. The van der Waals surface area contributed by atoms with E-state index in [1.54, 1.807) is 29.1 Å². The number of sulfonamides is 1. The highest BCUT2D eigenvalue weighted by molar-refractivity contribution is 7.91. The molecule has 46 heavy (non-hydrogen) atoms. The molecule has 1 aliphatic heterocycles. The minimum Gasteiger partial charge on any atom is -0.487 e. The van der Waals surface area contributed by atoms with Crippen LogP contribution in [0.5, 0.6) is 5.75 Å². The summed E-state index contributed by atoms with van der Waals surface area (Å²) in [5.41, 5.74) is 1.01. The highest BCUT2D eigenvalue weighted by Gasteiger charge is 2.29. The second-order valence-corrected chi connectivity index (χ2v) is 13.4. The molecule has 0 saturated carbocycles. The second-order valence-electron chi connectivity index (χ2n) is 10.6. The maximum atomic E-state index is 13.6. The Morgan fingerprint density at radius 1 is 1.20 bits per heavy atom. The maximum absolute atomic E-state index is 13.6. The zero-order chi connectivity index (χ0) is 33.7. The number of hydrogen-bond donors (Lipinski definition) is 3. The Kier molecular flexibility index (Phi) is 13.7. The number of aliphatic carboxylic acids is 1. The lowest BCUT2D eigenvalue weighted by atomic mass is 9.94. The van der Waals surface area contributed by atoms with Crippen molar-refractivity contribution in [2.45, 2.75) is 75.3 Å². The van der Waals surface area contributed by atoms with Crippen molar-refractivity contribution in [1.29, 1.82) is 0 Å². The minimum atomic E-state index is -3.90. The van der Waals surface area contributed by atoms with Gasteiger partial charge in [-0.25, -0.2) is 23.2 Å². The van der Waals surface area contributed by atoms with E-state index in [-0.39, 0.29) is 41.8 Å². The number of nitrogens with one attached hydrogen (secondary N) is 1. The monoisotopic (exact) mass is 679 g/mol. The van der Waals surface area contributed by atoms with E-state index >= 15 is 0 Å². The van der Waals surface area contributed by atoms with Gasteiger partial charge >= 0.3 is 12.1 Å². The fraction of sp³-hybridized carbons (Fsp3) is 0.536. The van der Waals surface area contributed by atoms with Gasteiger partial charge in [-0.2, -0.15) is 9.59 Å². The van der Waals surface area contributed by atoms with Gasteiger partial charge in [0.2, 0.25) is 16.2 Å². The van der Waals surface area contributed by atoms with Crippen LogP contribution in [0, 0.1) is 5.92 Å². The van der Waals surface area contributed by atoms with Crippen LogP contribution in [0.4, 0.5) is 0 Å². The SMILES string of the molecule is CCC1CCN(C(=O)[C@H](CCCCNC(=O)CCC(=O)O)n2cc(COc3ccc4nc(S(N)(=O)=O)sc4c3)nn2)CC1.O=C=O. The molecule has 1 saturated heterocycles. The average molecular weight is 680 g/mol. The first-order valence-electron chi connectivity index (χ1n) is 14.7. The molecule has 1 aromatic carbocycles. The molecular formula is C28H37N7O9S2. The first kappa shape index (κ1) is 36.2. The number of thiazole rings is 1. The van der Waals surface area contributed by atoms with Gasteiger partial charge in [-0.1, -0.05) is 18.6 Å². The van der Waals surface area contributed by atoms with Gasteiger partial charge in [0.15, 0.2) is 0 Å². The number of likely N-dealkylation sites (tertiary alicyclic amines) is 1. The maximum Gasteiger partial charge on any atom is 0.373 e. The summed E-state index contributed by atoms with van der Waals surface area (Å²) in [5.74, 6) is -0.231.